The van der Waals surface area contributed by atoms with Gasteiger partial charge in [0.1, 0.15) is 23.8 Å². The Balaban J connectivity index is 1.96. The van der Waals surface area contributed by atoms with Gasteiger partial charge in [-0.15, -0.1) is 0 Å². The summed E-state index contributed by atoms with van der Waals surface area (Å²) in [5.74, 6) is -0.512. The van der Waals surface area contributed by atoms with Gasteiger partial charge in [-0.2, -0.15) is 5.48 Å². The number of ether oxygens (including phenoxy) is 3. The third kappa shape index (κ3) is 3.28. The third-order valence-electron chi connectivity index (χ3n) is 4.02. The van der Waals surface area contributed by atoms with Gasteiger partial charge >= 0.3 is 5.63 Å². The molecule has 0 bridgehead atoms. The van der Waals surface area contributed by atoms with Gasteiger partial charge in [0.05, 0.1) is 13.7 Å². The molecule has 2 aromatic rings. The second-order valence-electron chi connectivity index (χ2n) is 5.60. The van der Waals surface area contributed by atoms with E-state index in [0.717, 1.165) is 0 Å². The number of methoxy groups -OCH3 is 1. The van der Waals surface area contributed by atoms with Crippen molar-refractivity contribution in [2.75, 3.05) is 13.7 Å². The Kier molecular flexibility index (Phi) is 5.20. The number of hydroxylamine groups is 1. The molecule has 1 aliphatic rings. The molecule has 0 saturated carbocycles. The molecule has 1 saturated heterocycles. The maximum atomic E-state index is 12.3. The number of rotatable bonds is 5. The SMILES string of the molecule is COc1cc2ccc(=O)oc2cc1OC1OC(CO)C(O)C(NO)C1=O. The van der Waals surface area contributed by atoms with E-state index in [0.29, 0.717) is 5.39 Å². The topological polar surface area (TPSA) is 148 Å². The number of benzene rings is 1. The number of ketones is 1. The number of hydrogen-bond acceptors (Lipinski definition) is 10. The molecule has 4 atom stereocenters. The fourth-order valence-electron chi connectivity index (χ4n) is 2.66. The summed E-state index contributed by atoms with van der Waals surface area (Å²) in [6.45, 7) is -0.601. The molecule has 3 rings (SSSR count). The van der Waals surface area contributed by atoms with Crippen LogP contribution in [0.15, 0.2) is 33.5 Å². The highest BCUT2D eigenvalue weighted by Gasteiger charge is 2.45. The van der Waals surface area contributed by atoms with E-state index in [2.05, 4.69) is 0 Å². The molecule has 2 heterocycles. The zero-order valence-corrected chi connectivity index (χ0v) is 13.6. The van der Waals surface area contributed by atoms with Crippen molar-refractivity contribution in [3.63, 3.8) is 0 Å². The smallest absolute Gasteiger partial charge is 0.336 e. The standard InChI is InChI=1S/C16H17NO9/c1-23-9-4-7-2-3-12(19)24-8(7)5-10(9)25-16-15(21)13(17-22)14(20)11(6-18)26-16/h2-5,11,13-14,16-18,20,22H,6H2,1H3. The van der Waals surface area contributed by atoms with Gasteiger partial charge in [0, 0.05) is 17.5 Å². The predicted molar refractivity (Wildman–Crippen MR) is 85.1 cm³/mol. The zero-order valence-electron chi connectivity index (χ0n) is 13.6. The molecule has 0 spiro atoms. The summed E-state index contributed by atoms with van der Waals surface area (Å²) in [6.07, 6.45) is -4.16. The molecule has 26 heavy (non-hydrogen) atoms. The summed E-state index contributed by atoms with van der Waals surface area (Å²) in [6, 6.07) is 4.28. The number of Topliss-reactive ketones (excluding diaryl/α,β-unsaturated/α-hetero) is 1. The van der Waals surface area contributed by atoms with Gasteiger partial charge in [0.15, 0.2) is 11.5 Å². The lowest BCUT2D eigenvalue weighted by atomic mass is 9.98. The highest BCUT2D eigenvalue weighted by Crippen LogP contribution is 2.33. The monoisotopic (exact) mass is 367 g/mol. The number of carbonyl (C=O) groups is 1. The molecule has 1 aliphatic heterocycles. The minimum Gasteiger partial charge on any atom is -0.493 e. The Morgan fingerprint density at radius 3 is 2.65 bits per heavy atom. The van der Waals surface area contributed by atoms with Crippen LogP contribution in [-0.4, -0.2) is 59.5 Å². The Labute approximate surface area is 146 Å². The van der Waals surface area contributed by atoms with E-state index in [4.69, 9.17) is 23.8 Å². The van der Waals surface area contributed by atoms with E-state index in [1.807, 2.05) is 0 Å². The van der Waals surface area contributed by atoms with Crippen LogP contribution in [0, 0.1) is 0 Å². The van der Waals surface area contributed by atoms with Crippen molar-refractivity contribution >= 4 is 16.8 Å². The summed E-state index contributed by atoms with van der Waals surface area (Å²) < 4.78 is 21.1. The minimum absolute atomic E-state index is 0.0393. The van der Waals surface area contributed by atoms with Gasteiger partial charge in [-0.05, 0) is 12.1 Å². The Morgan fingerprint density at radius 2 is 2.00 bits per heavy atom. The van der Waals surface area contributed by atoms with Crippen LogP contribution in [0.5, 0.6) is 11.5 Å². The summed E-state index contributed by atoms with van der Waals surface area (Å²) in [5, 5.41) is 28.9. The third-order valence-corrected chi connectivity index (χ3v) is 4.02. The lowest BCUT2D eigenvalue weighted by molar-refractivity contribution is -0.210. The van der Waals surface area contributed by atoms with E-state index in [9.17, 15) is 19.8 Å². The molecule has 1 aromatic carbocycles. The first-order chi connectivity index (χ1) is 12.5. The highest BCUT2D eigenvalue weighted by atomic mass is 16.7. The predicted octanol–water partition coefficient (Wildman–Crippen LogP) is -0.825. The van der Waals surface area contributed by atoms with E-state index in [1.165, 1.54) is 19.2 Å². The normalized spacial score (nSPS) is 26.1. The second kappa shape index (κ2) is 7.40. The summed E-state index contributed by atoms with van der Waals surface area (Å²) in [7, 11) is 1.38. The number of carbonyl (C=O) groups excluding carboxylic acids is 1. The molecule has 0 radical (unpaired) electrons. The van der Waals surface area contributed by atoms with Crippen LogP contribution in [0.2, 0.25) is 0 Å². The first-order valence-corrected chi connectivity index (χ1v) is 7.64. The van der Waals surface area contributed by atoms with Gasteiger partial charge in [0.2, 0.25) is 5.78 Å². The van der Waals surface area contributed by atoms with Crippen molar-refractivity contribution in [3.05, 3.63) is 34.7 Å². The molecule has 10 heteroatoms. The zero-order chi connectivity index (χ0) is 18.8. The fraction of sp³-hybridized carbons (Fsp3) is 0.375. The maximum Gasteiger partial charge on any atom is 0.336 e. The summed E-state index contributed by atoms with van der Waals surface area (Å²) in [5.41, 5.74) is 1.33. The first-order valence-electron chi connectivity index (χ1n) is 7.64. The summed E-state index contributed by atoms with van der Waals surface area (Å²) >= 11 is 0. The first kappa shape index (κ1) is 18.3. The van der Waals surface area contributed by atoms with Crippen molar-refractivity contribution < 1.29 is 38.8 Å². The average Bonchev–Trinajstić information content (AvgIpc) is 2.63. The number of hydrogen-bond donors (Lipinski definition) is 4. The van der Waals surface area contributed by atoms with Gasteiger partial charge in [-0.25, -0.2) is 4.79 Å². The molecule has 4 N–H and O–H groups in total. The Bertz CT molecular complexity index is 864. The van der Waals surface area contributed by atoms with E-state index >= 15 is 0 Å². The minimum atomic E-state index is -1.54. The Hall–Kier alpha value is -2.50. The molecule has 0 aliphatic carbocycles. The van der Waals surface area contributed by atoms with Gasteiger partial charge in [-0.3, -0.25) is 4.79 Å². The molecular formula is C16H17NO9. The van der Waals surface area contributed by atoms with E-state index in [1.54, 1.807) is 17.6 Å². The van der Waals surface area contributed by atoms with Crippen LogP contribution >= 0.6 is 0 Å². The van der Waals surface area contributed by atoms with Crippen molar-refractivity contribution in [1.29, 1.82) is 0 Å². The number of nitrogens with one attached hydrogen (secondary N) is 1. The Morgan fingerprint density at radius 1 is 1.23 bits per heavy atom. The molecule has 4 unspecified atom stereocenters. The van der Waals surface area contributed by atoms with Crippen molar-refractivity contribution in [2.45, 2.75) is 24.5 Å². The molecule has 1 fully saturated rings. The number of aliphatic hydroxyl groups is 2. The quantitative estimate of drug-likeness (QED) is 0.390. The largest absolute Gasteiger partial charge is 0.493 e. The lowest BCUT2D eigenvalue weighted by Crippen LogP contribution is -2.62. The van der Waals surface area contributed by atoms with Gasteiger partial charge in [0.25, 0.3) is 6.29 Å². The van der Waals surface area contributed by atoms with E-state index < -0.39 is 42.6 Å². The fourth-order valence-corrected chi connectivity index (χ4v) is 2.66. The highest BCUT2D eigenvalue weighted by molar-refractivity contribution is 5.89. The molecule has 1 aromatic heterocycles. The van der Waals surface area contributed by atoms with Gasteiger partial charge in [-0.1, -0.05) is 0 Å². The van der Waals surface area contributed by atoms with Crippen LogP contribution in [0.1, 0.15) is 0 Å². The summed E-state index contributed by atoms with van der Waals surface area (Å²) in [4.78, 5) is 23.7. The van der Waals surface area contributed by atoms with Crippen LogP contribution in [0.4, 0.5) is 0 Å². The lowest BCUT2D eigenvalue weighted by Gasteiger charge is -2.36. The van der Waals surface area contributed by atoms with Crippen LogP contribution in [-0.2, 0) is 9.53 Å². The number of aliphatic hydroxyl groups excluding tert-OH is 2. The second-order valence-corrected chi connectivity index (χ2v) is 5.60. The van der Waals surface area contributed by atoms with Gasteiger partial charge < -0.3 is 34.0 Å². The van der Waals surface area contributed by atoms with E-state index in [-0.39, 0.29) is 17.1 Å². The average molecular weight is 367 g/mol. The van der Waals surface area contributed by atoms with Crippen molar-refractivity contribution in [2.24, 2.45) is 0 Å². The molecule has 140 valence electrons. The van der Waals surface area contributed by atoms with Crippen LogP contribution in [0.3, 0.4) is 0 Å². The van der Waals surface area contributed by atoms with Crippen molar-refractivity contribution in [1.82, 2.24) is 5.48 Å². The number of fused-ring (bicyclic) bond motifs is 1. The molecule has 0 amide bonds. The van der Waals surface area contributed by atoms with Crippen LogP contribution in [0.25, 0.3) is 11.0 Å². The molecular weight excluding hydrogens is 350 g/mol. The van der Waals surface area contributed by atoms with Crippen LogP contribution < -0.4 is 20.6 Å². The molecule has 10 nitrogen and oxygen atoms in total. The van der Waals surface area contributed by atoms with Crippen molar-refractivity contribution in [3.8, 4) is 11.5 Å². The maximum absolute atomic E-state index is 12.3.